The molecule has 0 spiro atoms. The lowest BCUT2D eigenvalue weighted by molar-refractivity contribution is 0.387. The maximum Gasteiger partial charge on any atom is 0.294 e. The highest BCUT2D eigenvalue weighted by molar-refractivity contribution is 7.85. The van der Waals surface area contributed by atoms with Crippen molar-refractivity contribution in [3.05, 3.63) is 84.7 Å². The summed E-state index contributed by atoms with van der Waals surface area (Å²) in [5, 5.41) is 1.15. The standard InChI is InChI=1S/C21H22N4.C7H8O3S/c1-24-11-16-13-25(14-17(16)12-24)18-7-8-20(23-10-18)19-6-2-4-15-5-3-9-22-21(15)19;1-6-2-4-7(5-3-6)11(8,9)10/h2-10,16-17H,11-14H2,1H3;2-5H,1H3,(H,8,9,10). The van der Waals surface area contributed by atoms with E-state index < -0.39 is 10.1 Å². The monoisotopic (exact) mass is 502 g/mol. The summed E-state index contributed by atoms with van der Waals surface area (Å²) >= 11 is 0. The average Bonchev–Trinajstić information content (AvgIpc) is 3.41. The van der Waals surface area contributed by atoms with E-state index >= 15 is 0 Å². The normalized spacial score (nSPS) is 19.7. The fourth-order valence-corrected chi connectivity index (χ4v) is 5.67. The largest absolute Gasteiger partial charge is 0.370 e. The molecule has 0 bridgehead atoms. The Morgan fingerprint density at radius 3 is 2.19 bits per heavy atom. The molecule has 186 valence electrons. The van der Waals surface area contributed by atoms with Gasteiger partial charge in [-0.05, 0) is 56.1 Å². The summed E-state index contributed by atoms with van der Waals surface area (Å²) in [5.74, 6) is 1.62. The molecule has 2 aromatic heterocycles. The number of nitrogens with zero attached hydrogens (tertiary/aromatic N) is 4. The molecule has 1 N–H and O–H groups in total. The molecule has 36 heavy (non-hydrogen) atoms. The topological polar surface area (TPSA) is 86.6 Å². The molecule has 0 aliphatic carbocycles. The number of anilines is 1. The first-order chi connectivity index (χ1) is 17.3. The number of fused-ring (bicyclic) bond motifs is 2. The third kappa shape index (κ3) is 5.26. The van der Waals surface area contributed by atoms with Crippen LogP contribution in [0.5, 0.6) is 0 Å². The molecule has 8 heteroatoms. The molecule has 2 unspecified atom stereocenters. The van der Waals surface area contributed by atoms with Gasteiger partial charge in [0.25, 0.3) is 10.1 Å². The van der Waals surface area contributed by atoms with Crippen molar-refractivity contribution in [1.29, 1.82) is 0 Å². The predicted molar refractivity (Wildman–Crippen MR) is 143 cm³/mol. The van der Waals surface area contributed by atoms with Gasteiger partial charge in [0.2, 0.25) is 0 Å². The number of likely N-dealkylation sites (tertiary alicyclic amines) is 1. The average molecular weight is 503 g/mol. The summed E-state index contributed by atoms with van der Waals surface area (Å²) in [6.07, 6.45) is 3.88. The molecule has 2 aliphatic rings. The number of para-hydroxylation sites is 1. The molecular weight excluding hydrogens is 472 g/mol. The van der Waals surface area contributed by atoms with E-state index in [9.17, 15) is 8.42 Å². The van der Waals surface area contributed by atoms with Crippen LogP contribution < -0.4 is 4.90 Å². The van der Waals surface area contributed by atoms with E-state index in [2.05, 4.69) is 58.2 Å². The fourth-order valence-electron chi connectivity index (χ4n) is 5.19. The van der Waals surface area contributed by atoms with Crippen LogP contribution in [-0.4, -0.2) is 61.1 Å². The number of hydrogen-bond donors (Lipinski definition) is 1. The number of hydrogen-bond acceptors (Lipinski definition) is 6. The third-order valence-corrected chi connectivity index (χ3v) is 7.88. The van der Waals surface area contributed by atoms with E-state index in [4.69, 9.17) is 9.54 Å². The molecule has 2 aromatic carbocycles. The second-order valence-corrected chi connectivity index (χ2v) is 11.1. The SMILES string of the molecule is CN1CC2CN(c3ccc(-c4cccc5cccnc45)nc3)CC2C1.Cc1ccc(S(=O)(=O)O)cc1. The van der Waals surface area contributed by atoms with E-state index in [-0.39, 0.29) is 4.90 Å². The van der Waals surface area contributed by atoms with Gasteiger partial charge in [-0.1, -0.05) is 42.0 Å². The summed E-state index contributed by atoms with van der Waals surface area (Å²) in [4.78, 5) is 14.2. The molecular formula is C28H30N4O3S. The van der Waals surface area contributed by atoms with Gasteiger partial charge in [0, 0.05) is 43.3 Å². The minimum atomic E-state index is -4.02. The van der Waals surface area contributed by atoms with Gasteiger partial charge in [0.15, 0.2) is 0 Å². The smallest absolute Gasteiger partial charge is 0.294 e. The van der Waals surface area contributed by atoms with E-state index in [0.717, 1.165) is 52.6 Å². The quantitative estimate of drug-likeness (QED) is 0.412. The molecule has 0 saturated carbocycles. The van der Waals surface area contributed by atoms with Gasteiger partial charge in [0.05, 0.1) is 28.0 Å². The Bertz CT molecular complexity index is 1440. The number of aromatic nitrogens is 2. The van der Waals surface area contributed by atoms with Crippen LogP contribution in [0.4, 0.5) is 5.69 Å². The van der Waals surface area contributed by atoms with Crippen molar-refractivity contribution >= 4 is 26.7 Å². The zero-order valence-corrected chi connectivity index (χ0v) is 21.3. The van der Waals surface area contributed by atoms with Crippen molar-refractivity contribution in [1.82, 2.24) is 14.9 Å². The lowest BCUT2D eigenvalue weighted by atomic mass is 10.0. The van der Waals surface area contributed by atoms with Gasteiger partial charge in [-0.15, -0.1) is 0 Å². The lowest BCUT2D eigenvalue weighted by Crippen LogP contribution is -2.26. The number of benzene rings is 2. The molecule has 4 heterocycles. The van der Waals surface area contributed by atoms with E-state index in [1.807, 2.05) is 25.4 Å². The Labute approximate surface area is 212 Å². The highest BCUT2D eigenvalue weighted by Gasteiger charge is 2.38. The summed E-state index contributed by atoms with van der Waals surface area (Å²) in [5.41, 5.74) is 5.31. The summed E-state index contributed by atoms with van der Waals surface area (Å²) < 4.78 is 29.6. The van der Waals surface area contributed by atoms with Crippen LogP contribution >= 0.6 is 0 Å². The van der Waals surface area contributed by atoms with Gasteiger partial charge < -0.3 is 9.80 Å². The Balaban J connectivity index is 0.000000205. The summed E-state index contributed by atoms with van der Waals surface area (Å²) in [6.45, 7) is 6.62. The highest BCUT2D eigenvalue weighted by atomic mass is 32.2. The molecule has 2 aliphatic heterocycles. The van der Waals surface area contributed by atoms with E-state index in [0.29, 0.717) is 0 Å². The van der Waals surface area contributed by atoms with Crippen molar-refractivity contribution in [2.45, 2.75) is 11.8 Å². The minimum Gasteiger partial charge on any atom is -0.370 e. The zero-order chi connectivity index (χ0) is 25.3. The predicted octanol–water partition coefficient (Wildman–Crippen LogP) is 4.54. The molecule has 4 aromatic rings. The first kappa shape index (κ1) is 24.4. The Morgan fingerprint density at radius 2 is 1.56 bits per heavy atom. The fraction of sp³-hybridized carbons (Fsp3) is 0.286. The van der Waals surface area contributed by atoms with Gasteiger partial charge in [-0.3, -0.25) is 14.5 Å². The number of pyridine rings is 2. The van der Waals surface area contributed by atoms with Gasteiger partial charge >= 0.3 is 0 Å². The maximum atomic E-state index is 10.5. The van der Waals surface area contributed by atoms with E-state index in [1.165, 1.54) is 30.9 Å². The summed E-state index contributed by atoms with van der Waals surface area (Å²) in [6, 6.07) is 20.7. The van der Waals surface area contributed by atoms with Crippen molar-refractivity contribution in [2.24, 2.45) is 11.8 Å². The number of aryl methyl sites for hydroxylation is 1. The molecule has 7 nitrogen and oxygen atoms in total. The van der Waals surface area contributed by atoms with Gasteiger partial charge in [0.1, 0.15) is 0 Å². The van der Waals surface area contributed by atoms with Crippen LogP contribution in [0.15, 0.2) is 84.0 Å². The number of rotatable bonds is 3. The Kier molecular flexibility index (Phi) is 6.75. The third-order valence-electron chi connectivity index (χ3n) is 7.01. The second-order valence-electron chi connectivity index (χ2n) is 9.72. The van der Waals surface area contributed by atoms with Crippen molar-refractivity contribution in [3.63, 3.8) is 0 Å². The first-order valence-electron chi connectivity index (χ1n) is 12.1. The molecule has 0 amide bonds. The Morgan fingerprint density at radius 1 is 0.861 bits per heavy atom. The van der Waals surface area contributed by atoms with Crippen LogP contribution in [0.3, 0.4) is 0 Å². The van der Waals surface area contributed by atoms with Gasteiger partial charge in [-0.2, -0.15) is 8.42 Å². The zero-order valence-electron chi connectivity index (χ0n) is 20.4. The minimum absolute atomic E-state index is 0.0666. The summed E-state index contributed by atoms with van der Waals surface area (Å²) in [7, 11) is -1.79. The highest BCUT2D eigenvalue weighted by Crippen LogP contribution is 2.34. The van der Waals surface area contributed by atoms with Crippen molar-refractivity contribution in [2.75, 3.05) is 38.1 Å². The van der Waals surface area contributed by atoms with Crippen LogP contribution in [0.1, 0.15) is 5.56 Å². The van der Waals surface area contributed by atoms with Crippen LogP contribution in [0.25, 0.3) is 22.2 Å². The van der Waals surface area contributed by atoms with Gasteiger partial charge in [-0.25, -0.2) is 0 Å². The van der Waals surface area contributed by atoms with Crippen LogP contribution in [-0.2, 0) is 10.1 Å². The van der Waals surface area contributed by atoms with Crippen LogP contribution in [0, 0.1) is 18.8 Å². The Hall–Kier alpha value is -3.33. The lowest BCUT2D eigenvalue weighted by Gasteiger charge is -2.21. The van der Waals surface area contributed by atoms with Crippen LogP contribution in [0.2, 0.25) is 0 Å². The second kappa shape index (κ2) is 9.97. The molecule has 0 radical (unpaired) electrons. The van der Waals surface area contributed by atoms with E-state index in [1.54, 1.807) is 12.1 Å². The molecule has 6 rings (SSSR count). The maximum absolute atomic E-state index is 10.5. The van der Waals surface area contributed by atoms with Crippen molar-refractivity contribution in [3.8, 4) is 11.3 Å². The molecule has 2 fully saturated rings. The molecule has 2 atom stereocenters. The molecule has 2 saturated heterocycles. The van der Waals surface area contributed by atoms with Crippen molar-refractivity contribution < 1.29 is 13.0 Å². The first-order valence-corrected chi connectivity index (χ1v) is 13.5.